The number of carbonyl (C=O) groups is 1. The highest BCUT2D eigenvalue weighted by molar-refractivity contribution is 5.67. The average molecular weight is 247 g/mol. The van der Waals surface area contributed by atoms with Crippen LogP contribution in [0.1, 0.15) is 44.2 Å². The van der Waals surface area contributed by atoms with Gasteiger partial charge in [-0.1, -0.05) is 38.2 Å². The number of carboxylic acids is 1. The molecular weight excluding hydrogens is 226 g/mol. The van der Waals surface area contributed by atoms with Crippen molar-refractivity contribution in [2.45, 2.75) is 44.9 Å². The Kier molecular flexibility index (Phi) is 4.73. The predicted octanol–water partition coefficient (Wildman–Crippen LogP) is 3.30. The van der Waals surface area contributed by atoms with Crippen molar-refractivity contribution in [3.63, 3.8) is 0 Å². The van der Waals surface area contributed by atoms with Crippen LogP contribution in [0.5, 0.6) is 0 Å². The Morgan fingerprint density at radius 3 is 2.72 bits per heavy atom. The molecule has 2 rings (SSSR count). The minimum atomic E-state index is -0.679. The van der Waals surface area contributed by atoms with Gasteiger partial charge >= 0.3 is 5.97 Å². The van der Waals surface area contributed by atoms with Gasteiger partial charge in [-0.3, -0.25) is 9.78 Å². The summed E-state index contributed by atoms with van der Waals surface area (Å²) in [7, 11) is 0. The molecular formula is C15H21NO2. The van der Waals surface area contributed by atoms with Gasteiger partial charge in [-0.2, -0.15) is 0 Å². The summed E-state index contributed by atoms with van der Waals surface area (Å²) >= 11 is 0. The summed E-state index contributed by atoms with van der Waals surface area (Å²) in [5.74, 6) is 0.135. The van der Waals surface area contributed by atoms with Gasteiger partial charge in [0.25, 0.3) is 0 Å². The molecule has 1 aliphatic rings. The largest absolute Gasteiger partial charge is 0.481 e. The van der Waals surface area contributed by atoms with Gasteiger partial charge in [-0.05, 0) is 30.4 Å². The smallest absolute Gasteiger partial charge is 0.303 e. The molecule has 0 saturated heterocycles. The first kappa shape index (κ1) is 13.1. The molecule has 1 unspecified atom stereocenters. The SMILES string of the molecule is O=C(O)CC(Cc1ccccn1)C1CCCCC1. The van der Waals surface area contributed by atoms with E-state index in [1.54, 1.807) is 6.20 Å². The minimum Gasteiger partial charge on any atom is -0.481 e. The van der Waals surface area contributed by atoms with Crippen LogP contribution in [0.2, 0.25) is 0 Å². The number of nitrogens with zero attached hydrogens (tertiary/aromatic N) is 1. The number of hydrogen-bond donors (Lipinski definition) is 1. The lowest BCUT2D eigenvalue weighted by atomic mass is 9.76. The predicted molar refractivity (Wildman–Crippen MR) is 70.3 cm³/mol. The van der Waals surface area contributed by atoms with Crippen molar-refractivity contribution in [2.24, 2.45) is 11.8 Å². The van der Waals surface area contributed by atoms with E-state index in [1.807, 2.05) is 18.2 Å². The van der Waals surface area contributed by atoms with Gasteiger partial charge in [0, 0.05) is 18.3 Å². The van der Waals surface area contributed by atoms with Crippen LogP contribution < -0.4 is 0 Å². The van der Waals surface area contributed by atoms with Crippen LogP contribution in [0.25, 0.3) is 0 Å². The Hall–Kier alpha value is -1.38. The molecule has 0 amide bonds. The van der Waals surface area contributed by atoms with Crippen LogP contribution >= 0.6 is 0 Å². The third kappa shape index (κ3) is 3.83. The third-order valence-electron chi connectivity index (χ3n) is 3.95. The van der Waals surface area contributed by atoms with Crippen molar-refractivity contribution in [1.29, 1.82) is 0 Å². The highest BCUT2D eigenvalue weighted by Gasteiger charge is 2.26. The van der Waals surface area contributed by atoms with Crippen molar-refractivity contribution in [3.05, 3.63) is 30.1 Å². The maximum absolute atomic E-state index is 11.0. The van der Waals surface area contributed by atoms with E-state index in [9.17, 15) is 4.79 Å². The van der Waals surface area contributed by atoms with E-state index in [4.69, 9.17) is 5.11 Å². The molecule has 1 aromatic rings. The van der Waals surface area contributed by atoms with E-state index >= 15 is 0 Å². The Balaban J connectivity index is 2.02. The highest BCUT2D eigenvalue weighted by atomic mass is 16.4. The summed E-state index contributed by atoms with van der Waals surface area (Å²) in [5, 5.41) is 9.07. The van der Waals surface area contributed by atoms with Crippen LogP contribution in [0, 0.1) is 11.8 Å². The molecule has 0 radical (unpaired) electrons. The first-order valence-electron chi connectivity index (χ1n) is 6.87. The molecule has 0 spiro atoms. The van der Waals surface area contributed by atoms with E-state index < -0.39 is 5.97 Å². The molecule has 0 aromatic carbocycles. The Bertz CT molecular complexity index is 371. The molecule has 0 aliphatic heterocycles. The number of pyridine rings is 1. The summed E-state index contributed by atoms with van der Waals surface area (Å²) in [5.41, 5.74) is 1.02. The van der Waals surface area contributed by atoms with Gasteiger partial charge in [0.15, 0.2) is 0 Å². The molecule has 18 heavy (non-hydrogen) atoms. The summed E-state index contributed by atoms with van der Waals surface area (Å²) in [6.07, 6.45) is 9.05. The first-order valence-corrected chi connectivity index (χ1v) is 6.87. The number of aliphatic carboxylic acids is 1. The Morgan fingerprint density at radius 1 is 1.33 bits per heavy atom. The fraction of sp³-hybridized carbons (Fsp3) is 0.600. The van der Waals surface area contributed by atoms with E-state index in [0.717, 1.165) is 12.1 Å². The molecule has 1 fully saturated rings. The molecule has 1 atom stereocenters. The van der Waals surface area contributed by atoms with Crippen molar-refractivity contribution in [3.8, 4) is 0 Å². The average Bonchev–Trinajstić information content (AvgIpc) is 2.40. The topological polar surface area (TPSA) is 50.2 Å². The van der Waals surface area contributed by atoms with Crippen LogP contribution in [0.4, 0.5) is 0 Å². The van der Waals surface area contributed by atoms with E-state index in [1.165, 1.54) is 32.1 Å². The molecule has 1 saturated carbocycles. The monoisotopic (exact) mass is 247 g/mol. The van der Waals surface area contributed by atoms with Crippen LogP contribution in [-0.4, -0.2) is 16.1 Å². The minimum absolute atomic E-state index is 0.248. The maximum atomic E-state index is 11.0. The Labute approximate surface area is 108 Å². The molecule has 98 valence electrons. The lowest BCUT2D eigenvalue weighted by Crippen LogP contribution is -2.23. The Morgan fingerprint density at radius 2 is 2.11 bits per heavy atom. The normalized spacial score (nSPS) is 18.4. The van der Waals surface area contributed by atoms with Gasteiger partial charge in [0.2, 0.25) is 0 Å². The molecule has 3 nitrogen and oxygen atoms in total. The molecule has 1 N–H and O–H groups in total. The number of hydrogen-bond acceptors (Lipinski definition) is 2. The lowest BCUT2D eigenvalue weighted by Gasteiger charge is -2.29. The molecule has 3 heteroatoms. The maximum Gasteiger partial charge on any atom is 0.303 e. The zero-order valence-electron chi connectivity index (χ0n) is 10.7. The van der Waals surface area contributed by atoms with E-state index in [-0.39, 0.29) is 12.3 Å². The zero-order chi connectivity index (χ0) is 12.8. The fourth-order valence-corrected chi connectivity index (χ4v) is 3.02. The first-order chi connectivity index (χ1) is 8.75. The number of aromatic nitrogens is 1. The number of carboxylic acid groups (broad SMARTS) is 1. The van der Waals surface area contributed by atoms with Gasteiger partial charge < -0.3 is 5.11 Å². The van der Waals surface area contributed by atoms with E-state index in [0.29, 0.717) is 5.92 Å². The summed E-state index contributed by atoms with van der Waals surface area (Å²) < 4.78 is 0. The summed E-state index contributed by atoms with van der Waals surface area (Å²) in [4.78, 5) is 15.3. The van der Waals surface area contributed by atoms with Gasteiger partial charge in [-0.25, -0.2) is 0 Å². The standard InChI is InChI=1S/C15H21NO2/c17-15(18)11-13(12-6-2-1-3-7-12)10-14-8-4-5-9-16-14/h4-5,8-9,12-13H,1-3,6-7,10-11H2,(H,17,18). The van der Waals surface area contributed by atoms with Crippen molar-refractivity contribution in [1.82, 2.24) is 4.98 Å². The van der Waals surface area contributed by atoms with Crippen molar-refractivity contribution < 1.29 is 9.90 Å². The second-order valence-electron chi connectivity index (χ2n) is 5.28. The van der Waals surface area contributed by atoms with Gasteiger partial charge in [0.05, 0.1) is 0 Å². The molecule has 1 aliphatic carbocycles. The summed E-state index contributed by atoms with van der Waals surface area (Å²) in [6.45, 7) is 0. The second-order valence-corrected chi connectivity index (χ2v) is 5.28. The number of rotatable bonds is 5. The molecule has 1 aromatic heterocycles. The zero-order valence-corrected chi connectivity index (χ0v) is 10.7. The van der Waals surface area contributed by atoms with Gasteiger partial charge in [0.1, 0.15) is 0 Å². The van der Waals surface area contributed by atoms with E-state index in [2.05, 4.69) is 4.98 Å². The summed E-state index contributed by atoms with van der Waals surface area (Å²) in [6, 6.07) is 5.87. The van der Waals surface area contributed by atoms with Crippen molar-refractivity contribution in [2.75, 3.05) is 0 Å². The van der Waals surface area contributed by atoms with Crippen LogP contribution in [0.3, 0.4) is 0 Å². The molecule has 0 bridgehead atoms. The fourth-order valence-electron chi connectivity index (χ4n) is 3.02. The lowest BCUT2D eigenvalue weighted by molar-refractivity contribution is -0.138. The quantitative estimate of drug-likeness (QED) is 0.868. The highest BCUT2D eigenvalue weighted by Crippen LogP contribution is 2.33. The van der Waals surface area contributed by atoms with Gasteiger partial charge in [-0.15, -0.1) is 0 Å². The second kappa shape index (κ2) is 6.53. The third-order valence-corrected chi connectivity index (χ3v) is 3.95. The van der Waals surface area contributed by atoms with Crippen LogP contribution in [-0.2, 0) is 11.2 Å². The van der Waals surface area contributed by atoms with Crippen LogP contribution in [0.15, 0.2) is 24.4 Å². The molecule has 1 heterocycles. The van der Waals surface area contributed by atoms with Crippen molar-refractivity contribution >= 4 is 5.97 Å².